The maximum atomic E-state index is 16.1. The molecule has 2 aromatic heterocycles. The Morgan fingerprint density at radius 2 is 0.875 bits per heavy atom. The van der Waals surface area contributed by atoms with Gasteiger partial charge in [-0.05, 0) is 36.4 Å². The third kappa shape index (κ3) is 4.25. The molecule has 0 atom stereocenters. The van der Waals surface area contributed by atoms with E-state index < -0.39 is 11.6 Å². The Kier molecular flexibility index (Phi) is 5.78. The van der Waals surface area contributed by atoms with Crippen LogP contribution in [0.2, 0.25) is 0 Å². The SMILES string of the molecule is Fc1ccc2nc(-c3ccccc3)c(-c3ccc(-c4nc5ccccc5nc4-c4ccccc4)c(F)c3)nc2c1. The second kappa shape index (κ2) is 9.75. The Hall–Kier alpha value is -5.36. The van der Waals surface area contributed by atoms with Crippen LogP contribution in [0.4, 0.5) is 8.78 Å². The second-order valence-electron chi connectivity index (χ2n) is 9.39. The van der Waals surface area contributed by atoms with Crippen molar-refractivity contribution in [1.82, 2.24) is 19.9 Å². The monoisotopic (exact) mass is 522 g/mol. The molecule has 0 bridgehead atoms. The van der Waals surface area contributed by atoms with Gasteiger partial charge in [0.15, 0.2) is 0 Å². The van der Waals surface area contributed by atoms with Crippen LogP contribution in [0.5, 0.6) is 0 Å². The largest absolute Gasteiger partial charge is 0.244 e. The molecule has 7 aromatic rings. The van der Waals surface area contributed by atoms with Gasteiger partial charge in [-0.25, -0.2) is 28.7 Å². The lowest BCUT2D eigenvalue weighted by atomic mass is 9.99. The highest BCUT2D eigenvalue weighted by Gasteiger charge is 2.19. The molecule has 7 rings (SSSR count). The number of nitrogens with zero attached hydrogens (tertiary/aromatic N) is 4. The van der Waals surface area contributed by atoms with Crippen molar-refractivity contribution >= 4 is 22.1 Å². The smallest absolute Gasteiger partial charge is 0.133 e. The average molecular weight is 523 g/mol. The van der Waals surface area contributed by atoms with Crippen molar-refractivity contribution in [1.29, 1.82) is 0 Å². The molecule has 0 N–H and O–H groups in total. The molecule has 6 heteroatoms. The van der Waals surface area contributed by atoms with Crippen molar-refractivity contribution in [2.24, 2.45) is 0 Å². The van der Waals surface area contributed by atoms with Crippen LogP contribution in [-0.4, -0.2) is 19.9 Å². The van der Waals surface area contributed by atoms with Crippen LogP contribution >= 0.6 is 0 Å². The molecule has 0 aliphatic rings. The molecule has 2 heterocycles. The zero-order chi connectivity index (χ0) is 27.1. The third-order valence-corrected chi connectivity index (χ3v) is 6.79. The van der Waals surface area contributed by atoms with E-state index >= 15 is 4.39 Å². The van der Waals surface area contributed by atoms with E-state index in [1.807, 2.05) is 84.9 Å². The van der Waals surface area contributed by atoms with Crippen LogP contribution in [-0.2, 0) is 0 Å². The first kappa shape index (κ1) is 23.7. The zero-order valence-corrected chi connectivity index (χ0v) is 21.1. The first-order chi connectivity index (χ1) is 19.6. The Bertz CT molecular complexity index is 2030. The summed E-state index contributed by atoms with van der Waals surface area (Å²) < 4.78 is 30.1. The number of rotatable bonds is 4. The fraction of sp³-hybridized carbons (Fsp3) is 0. The Morgan fingerprint density at radius 1 is 0.375 bits per heavy atom. The highest BCUT2D eigenvalue weighted by Crippen LogP contribution is 2.36. The lowest BCUT2D eigenvalue weighted by molar-refractivity contribution is 0.629. The fourth-order valence-electron chi connectivity index (χ4n) is 4.87. The van der Waals surface area contributed by atoms with Crippen molar-refractivity contribution < 1.29 is 8.78 Å². The van der Waals surface area contributed by atoms with Crippen LogP contribution in [0.15, 0.2) is 121 Å². The van der Waals surface area contributed by atoms with Crippen LogP contribution in [0, 0.1) is 11.6 Å². The van der Waals surface area contributed by atoms with Gasteiger partial charge in [0.05, 0.1) is 39.1 Å². The molecular weight excluding hydrogens is 502 g/mol. The number of aromatic nitrogens is 4. The van der Waals surface area contributed by atoms with Gasteiger partial charge in [-0.3, -0.25) is 0 Å². The third-order valence-electron chi connectivity index (χ3n) is 6.79. The van der Waals surface area contributed by atoms with Gasteiger partial charge in [0.2, 0.25) is 0 Å². The van der Waals surface area contributed by atoms with Gasteiger partial charge in [-0.15, -0.1) is 0 Å². The van der Waals surface area contributed by atoms with Crippen LogP contribution in [0.3, 0.4) is 0 Å². The minimum Gasteiger partial charge on any atom is -0.244 e. The Morgan fingerprint density at radius 3 is 1.50 bits per heavy atom. The molecular formula is C34H20F2N4. The summed E-state index contributed by atoms with van der Waals surface area (Å²) in [5, 5.41) is 0. The molecule has 190 valence electrons. The highest BCUT2D eigenvalue weighted by atomic mass is 19.1. The summed E-state index contributed by atoms with van der Waals surface area (Å²) in [6, 6.07) is 36.0. The minimum absolute atomic E-state index is 0.321. The molecule has 0 unspecified atom stereocenters. The molecule has 0 saturated heterocycles. The molecule has 0 fully saturated rings. The van der Waals surface area contributed by atoms with Crippen LogP contribution < -0.4 is 0 Å². The molecule has 40 heavy (non-hydrogen) atoms. The molecule has 0 amide bonds. The summed E-state index contributed by atoms with van der Waals surface area (Å²) in [5.74, 6) is -0.885. The Balaban J connectivity index is 1.43. The van der Waals surface area contributed by atoms with Gasteiger partial charge in [0.1, 0.15) is 17.3 Å². The van der Waals surface area contributed by atoms with E-state index in [0.29, 0.717) is 50.5 Å². The number of para-hydroxylation sites is 2. The summed E-state index contributed by atoms with van der Waals surface area (Å²) in [7, 11) is 0. The maximum Gasteiger partial charge on any atom is 0.133 e. The van der Waals surface area contributed by atoms with Crippen molar-refractivity contribution in [2.45, 2.75) is 0 Å². The molecule has 0 aliphatic heterocycles. The minimum atomic E-state index is -0.473. The molecule has 0 radical (unpaired) electrons. The second-order valence-corrected chi connectivity index (χ2v) is 9.39. The predicted octanol–water partition coefficient (Wildman–Crippen LogP) is 8.52. The van der Waals surface area contributed by atoms with E-state index in [0.717, 1.165) is 16.6 Å². The van der Waals surface area contributed by atoms with E-state index in [1.54, 1.807) is 18.2 Å². The summed E-state index contributed by atoms with van der Waals surface area (Å²) in [6.07, 6.45) is 0. The number of hydrogen-bond acceptors (Lipinski definition) is 4. The average Bonchev–Trinajstić information content (AvgIpc) is 3.00. The van der Waals surface area contributed by atoms with Gasteiger partial charge in [0.25, 0.3) is 0 Å². The van der Waals surface area contributed by atoms with Crippen molar-refractivity contribution in [3.05, 3.63) is 133 Å². The quantitative estimate of drug-likeness (QED) is 0.232. The lowest BCUT2D eigenvalue weighted by Crippen LogP contribution is -1.99. The maximum absolute atomic E-state index is 16.1. The van der Waals surface area contributed by atoms with E-state index in [1.165, 1.54) is 18.2 Å². The fourth-order valence-corrected chi connectivity index (χ4v) is 4.87. The zero-order valence-electron chi connectivity index (χ0n) is 21.1. The van der Waals surface area contributed by atoms with Gasteiger partial charge >= 0.3 is 0 Å². The lowest BCUT2D eigenvalue weighted by Gasteiger charge is -2.14. The van der Waals surface area contributed by atoms with Crippen LogP contribution in [0.1, 0.15) is 0 Å². The molecule has 5 aromatic carbocycles. The first-order valence-corrected chi connectivity index (χ1v) is 12.8. The molecule has 0 spiro atoms. The predicted molar refractivity (Wildman–Crippen MR) is 154 cm³/mol. The van der Waals surface area contributed by atoms with Gasteiger partial charge in [-0.2, -0.15) is 0 Å². The molecule has 0 saturated carbocycles. The number of halogens is 2. The van der Waals surface area contributed by atoms with Gasteiger partial charge < -0.3 is 0 Å². The molecule has 4 nitrogen and oxygen atoms in total. The van der Waals surface area contributed by atoms with Crippen molar-refractivity contribution in [3.8, 4) is 45.0 Å². The summed E-state index contributed by atoms with van der Waals surface area (Å²) in [6.45, 7) is 0. The Labute approximate surface area is 228 Å². The van der Waals surface area contributed by atoms with Gasteiger partial charge in [0, 0.05) is 28.3 Å². The van der Waals surface area contributed by atoms with E-state index in [4.69, 9.17) is 19.9 Å². The first-order valence-electron chi connectivity index (χ1n) is 12.8. The normalized spacial score (nSPS) is 11.2. The number of benzene rings is 5. The standard InChI is InChI=1S/C34H20F2N4/c35-24-16-18-29-30(20-24)40-33(31(38-29)21-9-3-1-4-10-21)23-15-17-25(26(36)19-23)34-32(22-11-5-2-6-12-22)37-27-13-7-8-14-28(27)39-34/h1-20H. The summed E-state index contributed by atoms with van der Waals surface area (Å²) >= 11 is 0. The topological polar surface area (TPSA) is 51.6 Å². The number of fused-ring (bicyclic) bond motifs is 2. The summed E-state index contributed by atoms with van der Waals surface area (Å²) in [4.78, 5) is 19.2. The van der Waals surface area contributed by atoms with E-state index in [9.17, 15) is 4.39 Å². The summed E-state index contributed by atoms with van der Waals surface area (Å²) in [5.41, 5.74) is 6.95. The van der Waals surface area contributed by atoms with Crippen molar-refractivity contribution in [3.63, 3.8) is 0 Å². The number of hydrogen-bond donors (Lipinski definition) is 0. The molecule has 0 aliphatic carbocycles. The van der Waals surface area contributed by atoms with Crippen LogP contribution in [0.25, 0.3) is 67.1 Å². The van der Waals surface area contributed by atoms with E-state index in [2.05, 4.69) is 0 Å². The van der Waals surface area contributed by atoms with Gasteiger partial charge in [-0.1, -0.05) is 78.9 Å². The van der Waals surface area contributed by atoms with Crippen molar-refractivity contribution in [2.75, 3.05) is 0 Å². The highest BCUT2D eigenvalue weighted by molar-refractivity contribution is 5.89. The van der Waals surface area contributed by atoms with E-state index in [-0.39, 0.29) is 0 Å².